The molecule has 3 amide bonds. The molecule has 26 heavy (non-hydrogen) atoms. The fourth-order valence-corrected chi connectivity index (χ4v) is 3.68. The monoisotopic (exact) mass is 357 g/mol. The van der Waals surface area contributed by atoms with Gasteiger partial charge in [0.2, 0.25) is 5.91 Å². The smallest absolute Gasteiger partial charge is 0.321 e. The van der Waals surface area contributed by atoms with Gasteiger partial charge in [0.15, 0.2) is 0 Å². The first-order chi connectivity index (χ1) is 12.6. The Balaban J connectivity index is 1.29. The number of hydrogen-bond acceptors (Lipinski definition) is 3. The van der Waals surface area contributed by atoms with Crippen LogP contribution in [0.25, 0.3) is 0 Å². The number of hydrogen-bond donors (Lipinski definition) is 2. The summed E-state index contributed by atoms with van der Waals surface area (Å²) in [5.74, 6) is 0.340. The first-order valence-corrected chi connectivity index (χ1v) is 8.67. The molecule has 2 heterocycles. The second-order valence-corrected chi connectivity index (χ2v) is 7.02. The lowest BCUT2D eigenvalue weighted by molar-refractivity contribution is -0.123. The number of rotatable bonds is 4. The second kappa shape index (κ2) is 6.48. The molecule has 1 spiro atoms. The van der Waals surface area contributed by atoms with Crippen molar-refractivity contribution < 1.29 is 18.4 Å². The highest BCUT2D eigenvalue weighted by Crippen LogP contribution is 2.58. The van der Waals surface area contributed by atoms with Gasteiger partial charge < -0.3 is 20.0 Å². The highest BCUT2D eigenvalue weighted by molar-refractivity contribution is 5.90. The van der Waals surface area contributed by atoms with Gasteiger partial charge in [-0.3, -0.25) is 4.79 Å². The third kappa shape index (κ3) is 3.29. The van der Waals surface area contributed by atoms with E-state index in [1.165, 1.54) is 24.3 Å². The third-order valence-electron chi connectivity index (χ3n) is 5.29. The van der Waals surface area contributed by atoms with Crippen molar-refractivity contribution in [3.63, 3.8) is 0 Å². The lowest BCUT2D eigenvalue weighted by Gasteiger charge is -2.17. The molecule has 1 aromatic carbocycles. The number of carbonyl (C=O) groups is 2. The Bertz CT molecular complexity index is 806. The highest BCUT2D eigenvalue weighted by Gasteiger charge is 2.61. The zero-order valence-corrected chi connectivity index (χ0v) is 14.2. The Labute approximate surface area is 150 Å². The van der Waals surface area contributed by atoms with Gasteiger partial charge in [0.25, 0.3) is 0 Å². The third-order valence-corrected chi connectivity index (χ3v) is 5.29. The standard InChI is InChI=1S/C19H20FN3O3/c20-13-3-5-14(6-4-13)22-18(25)23-8-7-19(12-23)10-16(19)17(24)21-11-15-2-1-9-26-15/h1-6,9,16H,7-8,10-12H2,(H,21,24)(H,22,25). The molecule has 4 rings (SSSR count). The van der Waals surface area contributed by atoms with Crippen molar-refractivity contribution in [2.45, 2.75) is 19.4 Å². The summed E-state index contributed by atoms with van der Waals surface area (Å²) in [6.45, 7) is 1.57. The lowest BCUT2D eigenvalue weighted by atomic mass is 10.0. The number of amides is 3. The van der Waals surface area contributed by atoms with E-state index in [0.29, 0.717) is 25.3 Å². The number of halogens is 1. The van der Waals surface area contributed by atoms with Crippen LogP contribution in [0.5, 0.6) is 0 Å². The van der Waals surface area contributed by atoms with Gasteiger partial charge in [0, 0.05) is 30.1 Å². The number of urea groups is 1. The molecular formula is C19H20FN3O3. The van der Waals surface area contributed by atoms with Gasteiger partial charge in [0.1, 0.15) is 11.6 Å². The Hall–Kier alpha value is -2.83. The average Bonchev–Trinajstić information content (AvgIpc) is 2.99. The van der Waals surface area contributed by atoms with Crippen molar-refractivity contribution >= 4 is 17.6 Å². The maximum absolute atomic E-state index is 12.9. The number of likely N-dealkylation sites (tertiary alicyclic amines) is 1. The van der Waals surface area contributed by atoms with Crippen LogP contribution >= 0.6 is 0 Å². The summed E-state index contributed by atoms with van der Waals surface area (Å²) in [4.78, 5) is 26.5. The molecule has 2 unspecified atom stereocenters. The van der Waals surface area contributed by atoms with E-state index in [4.69, 9.17) is 4.42 Å². The first-order valence-electron chi connectivity index (χ1n) is 8.67. The molecule has 1 saturated carbocycles. The van der Waals surface area contributed by atoms with E-state index in [0.717, 1.165) is 18.6 Å². The Morgan fingerprint density at radius 3 is 2.81 bits per heavy atom. The molecule has 2 fully saturated rings. The largest absolute Gasteiger partial charge is 0.467 e. The maximum Gasteiger partial charge on any atom is 0.321 e. The van der Waals surface area contributed by atoms with Crippen LogP contribution in [-0.2, 0) is 11.3 Å². The summed E-state index contributed by atoms with van der Waals surface area (Å²) in [6, 6.07) is 9.06. The van der Waals surface area contributed by atoms with Gasteiger partial charge >= 0.3 is 6.03 Å². The number of carbonyl (C=O) groups excluding carboxylic acids is 2. The van der Waals surface area contributed by atoms with Crippen LogP contribution in [0.3, 0.4) is 0 Å². The van der Waals surface area contributed by atoms with Crippen LogP contribution in [0.4, 0.5) is 14.9 Å². The van der Waals surface area contributed by atoms with Crippen molar-refractivity contribution in [2.24, 2.45) is 11.3 Å². The summed E-state index contributed by atoms with van der Waals surface area (Å²) < 4.78 is 18.2. The molecular weight excluding hydrogens is 337 g/mol. The predicted molar refractivity (Wildman–Crippen MR) is 92.7 cm³/mol. The van der Waals surface area contributed by atoms with Crippen molar-refractivity contribution in [1.29, 1.82) is 0 Å². The fourth-order valence-electron chi connectivity index (χ4n) is 3.68. The van der Waals surface area contributed by atoms with E-state index in [1.54, 1.807) is 17.2 Å². The van der Waals surface area contributed by atoms with Gasteiger partial charge in [0.05, 0.1) is 12.8 Å². The molecule has 1 aromatic heterocycles. The van der Waals surface area contributed by atoms with E-state index in [1.807, 2.05) is 6.07 Å². The summed E-state index contributed by atoms with van der Waals surface area (Å²) in [5.41, 5.74) is 0.453. The molecule has 0 bridgehead atoms. The summed E-state index contributed by atoms with van der Waals surface area (Å²) in [6.07, 6.45) is 3.20. The van der Waals surface area contributed by atoms with Crippen LogP contribution in [0.2, 0.25) is 0 Å². The Kier molecular flexibility index (Phi) is 4.14. The zero-order valence-electron chi connectivity index (χ0n) is 14.2. The molecule has 2 atom stereocenters. The molecule has 2 N–H and O–H groups in total. The van der Waals surface area contributed by atoms with E-state index >= 15 is 0 Å². The quantitative estimate of drug-likeness (QED) is 0.883. The molecule has 1 saturated heterocycles. The number of benzene rings is 1. The number of furan rings is 1. The highest BCUT2D eigenvalue weighted by atomic mass is 19.1. The lowest BCUT2D eigenvalue weighted by Crippen LogP contribution is -2.34. The molecule has 2 aromatic rings. The second-order valence-electron chi connectivity index (χ2n) is 7.02. The average molecular weight is 357 g/mol. The normalized spacial score (nSPS) is 23.9. The van der Waals surface area contributed by atoms with Crippen LogP contribution < -0.4 is 10.6 Å². The molecule has 136 valence electrons. The predicted octanol–water partition coefficient (Wildman–Crippen LogP) is 2.98. The molecule has 2 aliphatic rings. The molecule has 1 aliphatic heterocycles. The molecule has 0 radical (unpaired) electrons. The van der Waals surface area contributed by atoms with Crippen LogP contribution in [-0.4, -0.2) is 29.9 Å². The minimum Gasteiger partial charge on any atom is -0.467 e. The summed E-state index contributed by atoms with van der Waals surface area (Å²) >= 11 is 0. The van der Waals surface area contributed by atoms with Crippen molar-refractivity contribution in [3.8, 4) is 0 Å². The summed E-state index contributed by atoms with van der Waals surface area (Å²) in [7, 11) is 0. The SMILES string of the molecule is O=C(NCc1ccco1)C1CC12CCN(C(=O)Nc1ccc(F)cc1)C2. The topological polar surface area (TPSA) is 74.6 Å². The van der Waals surface area contributed by atoms with E-state index in [9.17, 15) is 14.0 Å². The van der Waals surface area contributed by atoms with E-state index in [-0.39, 0.29) is 29.1 Å². The van der Waals surface area contributed by atoms with E-state index < -0.39 is 0 Å². The van der Waals surface area contributed by atoms with Gasteiger partial charge in [-0.25, -0.2) is 9.18 Å². The van der Waals surface area contributed by atoms with Crippen LogP contribution in [0, 0.1) is 17.2 Å². The molecule has 1 aliphatic carbocycles. The first kappa shape index (κ1) is 16.6. The van der Waals surface area contributed by atoms with Crippen molar-refractivity contribution in [1.82, 2.24) is 10.2 Å². The van der Waals surface area contributed by atoms with Crippen molar-refractivity contribution in [3.05, 3.63) is 54.2 Å². The Morgan fingerprint density at radius 1 is 1.27 bits per heavy atom. The zero-order chi connectivity index (χ0) is 18.1. The number of nitrogens with one attached hydrogen (secondary N) is 2. The van der Waals surface area contributed by atoms with Crippen LogP contribution in [0.1, 0.15) is 18.6 Å². The van der Waals surface area contributed by atoms with Crippen molar-refractivity contribution in [2.75, 3.05) is 18.4 Å². The molecule has 7 heteroatoms. The minimum absolute atomic E-state index is 0.0159. The van der Waals surface area contributed by atoms with Gasteiger partial charge in [-0.05, 0) is 49.2 Å². The fraction of sp³-hybridized carbons (Fsp3) is 0.368. The van der Waals surface area contributed by atoms with E-state index in [2.05, 4.69) is 10.6 Å². The Morgan fingerprint density at radius 2 is 2.08 bits per heavy atom. The molecule has 6 nitrogen and oxygen atoms in total. The van der Waals surface area contributed by atoms with Gasteiger partial charge in [-0.15, -0.1) is 0 Å². The van der Waals surface area contributed by atoms with Crippen LogP contribution in [0.15, 0.2) is 47.1 Å². The summed E-state index contributed by atoms with van der Waals surface area (Å²) in [5, 5.41) is 5.67. The van der Waals surface area contributed by atoms with Gasteiger partial charge in [-0.2, -0.15) is 0 Å². The van der Waals surface area contributed by atoms with Gasteiger partial charge in [-0.1, -0.05) is 0 Å². The number of nitrogens with zero attached hydrogens (tertiary/aromatic N) is 1. The minimum atomic E-state index is -0.343. The number of anilines is 1. The maximum atomic E-state index is 12.9.